The Morgan fingerprint density at radius 3 is 2.29 bits per heavy atom. The van der Waals surface area contributed by atoms with Crippen LogP contribution in [0.25, 0.3) is 0 Å². The minimum absolute atomic E-state index is 0.480. The van der Waals surface area contributed by atoms with Crippen molar-refractivity contribution in [3.8, 4) is 0 Å². The number of likely N-dealkylation sites (N-methyl/N-ethyl adjacent to an activating group) is 1. The Hall–Kier alpha value is -0.650. The average Bonchev–Trinajstić information content (AvgIpc) is 2.78. The fourth-order valence-electron chi connectivity index (χ4n) is 2.25. The van der Waals surface area contributed by atoms with Crippen LogP contribution in [0.5, 0.6) is 0 Å². The van der Waals surface area contributed by atoms with Crippen molar-refractivity contribution in [3.63, 3.8) is 0 Å². The van der Waals surface area contributed by atoms with Crippen molar-refractivity contribution in [1.82, 2.24) is 15.2 Å². The maximum atomic E-state index is 4.95. The van der Waals surface area contributed by atoms with Gasteiger partial charge in [0.25, 0.3) is 0 Å². The van der Waals surface area contributed by atoms with Gasteiger partial charge in [0.1, 0.15) is 0 Å². The highest BCUT2D eigenvalue weighted by molar-refractivity contribution is 7.15. The summed E-state index contributed by atoms with van der Waals surface area (Å²) in [4.78, 5) is 11.0. The van der Waals surface area contributed by atoms with Crippen LogP contribution in [0, 0.1) is 5.92 Å². The Morgan fingerprint density at radius 2 is 1.81 bits per heavy atom. The highest BCUT2D eigenvalue weighted by Crippen LogP contribution is 2.31. The Labute approximate surface area is 134 Å². The molecule has 0 saturated heterocycles. The molecule has 0 radical (unpaired) electrons. The van der Waals surface area contributed by atoms with Crippen LogP contribution in [-0.2, 0) is 6.54 Å². The number of nitrogens with one attached hydrogen (secondary N) is 1. The van der Waals surface area contributed by atoms with Gasteiger partial charge in [0.2, 0.25) is 0 Å². The van der Waals surface area contributed by atoms with Crippen LogP contribution >= 0.6 is 11.3 Å². The van der Waals surface area contributed by atoms with E-state index in [0.29, 0.717) is 11.8 Å². The molecule has 1 N–H and O–H groups in total. The van der Waals surface area contributed by atoms with E-state index >= 15 is 0 Å². The molecule has 122 valence electrons. The summed E-state index contributed by atoms with van der Waals surface area (Å²) in [6.07, 6.45) is 0. The Balaban J connectivity index is 2.97. The average molecular weight is 313 g/mol. The van der Waals surface area contributed by atoms with Gasteiger partial charge in [-0.2, -0.15) is 0 Å². The molecule has 0 aliphatic carbocycles. The molecule has 1 heterocycles. The number of hydrogen-bond acceptors (Lipinski definition) is 5. The molecule has 5 heteroatoms. The van der Waals surface area contributed by atoms with Crippen LogP contribution in [0.3, 0.4) is 0 Å². The molecule has 1 rings (SSSR count). The van der Waals surface area contributed by atoms with Crippen LogP contribution < -0.4 is 10.2 Å². The van der Waals surface area contributed by atoms with E-state index in [0.717, 1.165) is 26.2 Å². The summed E-state index contributed by atoms with van der Waals surface area (Å²) >= 11 is 1.85. The topological polar surface area (TPSA) is 31.4 Å². The monoisotopic (exact) mass is 312 g/mol. The summed E-state index contributed by atoms with van der Waals surface area (Å²) in [7, 11) is 6.25. The van der Waals surface area contributed by atoms with E-state index < -0.39 is 0 Å². The van der Waals surface area contributed by atoms with Gasteiger partial charge in [0, 0.05) is 31.1 Å². The molecule has 0 atom stereocenters. The second kappa shape index (κ2) is 8.71. The van der Waals surface area contributed by atoms with Crippen LogP contribution in [0.2, 0.25) is 0 Å². The van der Waals surface area contributed by atoms with E-state index in [2.05, 4.69) is 56.9 Å². The molecule has 0 fully saturated rings. The van der Waals surface area contributed by atoms with Crippen LogP contribution in [0.4, 0.5) is 5.13 Å². The van der Waals surface area contributed by atoms with Gasteiger partial charge in [-0.05, 0) is 33.0 Å². The third kappa shape index (κ3) is 5.93. The van der Waals surface area contributed by atoms with Crippen LogP contribution in [-0.4, -0.2) is 50.7 Å². The third-order valence-corrected chi connectivity index (χ3v) is 4.41. The predicted molar refractivity (Wildman–Crippen MR) is 94.6 cm³/mol. The lowest BCUT2D eigenvalue weighted by Crippen LogP contribution is -2.34. The van der Waals surface area contributed by atoms with Gasteiger partial charge < -0.3 is 15.1 Å². The quantitative estimate of drug-likeness (QED) is 0.759. The first kappa shape index (κ1) is 18.4. The summed E-state index contributed by atoms with van der Waals surface area (Å²) in [6.45, 7) is 13.1. The van der Waals surface area contributed by atoms with E-state index in [-0.39, 0.29) is 0 Å². The molecule has 0 aliphatic rings. The Morgan fingerprint density at radius 1 is 1.14 bits per heavy atom. The summed E-state index contributed by atoms with van der Waals surface area (Å²) in [6, 6.07) is 0. The first-order valence-corrected chi connectivity index (χ1v) is 8.70. The first-order chi connectivity index (χ1) is 9.85. The van der Waals surface area contributed by atoms with Crippen molar-refractivity contribution in [2.45, 2.75) is 40.2 Å². The molecule has 4 nitrogen and oxygen atoms in total. The number of aromatic nitrogens is 1. The number of thiazole rings is 1. The van der Waals surface area contributed by atoms with Gasteiger partial charge in [0.05, 0.1) is 5.69 Å². The Kier molecular flexibility index (Phi) is 7.63. The SMILES string of the molecule is CNCc1sc(N(CCN(C)C)CC(C)C)nc1C(C)C. The molecule has 1 aromatic heterocycles. The summed E-state index contributed by atoms with van der Waals surface area (Å²) < 4.78 is 0. The second-order valence-corrected chi connectivity index (χ2v) is 7.70. The highest BCUT2D eigenvalue weighted by Gasteiger charge is 2.18. The smallest absolute Gasteiger partial charge is 0.185 e. The van der Waals surface area contributed by atoms with Crippen molar-refractivity contribution >= 4 is 16.5 Å². The minimum Gasteiger partial charge on any atom is -0.347 e. The van der Waals surface area contributed by atoms with Gasteiger partial charge in [-0.15, -0.1) is 11.3 Å². The molecule has 0 spiro atoms. The largest absolute Gasteiger partial charge is 0.347 e. The third-order valence-electron chi connectivity index (χ3n) is 3.27. The number of rotatable bonds is 9. The normalized spacial score (nSPS) is 11.9. The predicted octanol–water partition coefficient (Wildman–Crippen LogP) is 3.01. The van der Waals surface area contributed by atoms with Gasteiger partial charge in [0.15, 0.2) is 5.13 Å². The maximum absolute atomic E-state index is 4.95. The van der Waals surface area contributed by atoms with Crippen LogP contribution in [0.1, 0.15) is 44.2 Å². The van der Waals surface area contributed by atoms with E-state index in [1.54, 1.807) is 0 Å². The lowest BCUT2D eigenvalue weighted by Gasteiger charge is -2.25. The molecule has 21 heavy (non-hydrogen) atoms. The van der Waals surface area contributed by atoms with E-state index in [1.807, 2.05) is 18.4 Å². The molecular formula is C16H32N4S. The van der Waals surface area contributed by atoms with E-state index in [9.17, 15) is 0 Å². The zero-order valence-electron chi connectivity index (χ0n) is 14.7. The zero-order chi connectivity index (χ0) is 16.0. The molecule has 0 amide bonds. The molecule has 0 aromatic carbocycles. The summed E-state index contributed by atoms with van der Waals surface area (Å²) in [5.41, 5.74) is 1.25. The summed E-state index contributed by atoms with van der Waals surface area (Å²) in [5.74, 6) is 1.12. The van der Waals surface area contributed by atoms with Crippen molar-refractivity contribution in [1.29, 1.82) is 0 Å². The lowest BCUT2D eigenvalue weighted by molar-refractivity contribution is 0.409. The summed E-state index contributed by atoms with van der Waals surface area (Å²) in [5, 5.41) is 4.45. The number of nitrogens with zero attached hydrogens (tertiary/aromatic N) is 3. The maximum Gasteiger partial charge on any atom is 0.185 e. The lowest BCUT2D eigenvalue weighted by atomic mass is 10.1. The molecular weight excluding hydrogens is 280 g/mol. The molecule has 0 bridgehead atoms. The first-order valence-electron chi connectivity index (χ1n) is 7.89. The number of hydrogen-bond donors (Lipinski definition) is 1. The standard InChI is InChI=1S/C16H32N4S/c1-12(2)11-20(9-8-19(6)7)16-18-15(13(3)4)14(21-16)10-17-5/h12-13,17H,8-11H2,1-7H3. The second-order valence-electron chi connectivity index (χ2n) is 6.63. The van der Waals surface area contributed by atoms with Crippen LogP contribution in [0.15, 0.2) is 0 Å². The van der Waals surface area contributed by atoms with Crippen molar-refractivity contribution in [2.24, 2.45) is 5.92 Å². The molecule has 0 aliphatic heterocycles. The van der Waals surface area contributed by atoms with E-state index in [1.165, 1.54) is 15.7 Å². The molecule has 0 saturated carbocycles. The van der Waals surface area contributed by atoms with Gasteiger partial charge in [-0.3, -0.25) is 0 Å². The molecule has 0 unspecified atom stereocenters. The highest BCUT2D eigenvalue weighted by atomic mass is 32.1. The number of anilines is 1. The van der Waals surface area contributed by atoms with Gasteiger partial charge >= 0.3 is 0 Å². The zero-order valence-corrected chi connectivity index (χ0v) is 15.5. The van der Waals surface area contributed by atoms with Crippen molar-refractivity contribution in [3.05, 3.63) is 10.6 Å². The fraction of sp³-hybridized carbons (Fsp3) is 0.812. The van der Waals surface area contributed by atoms with Gasteiger partial charge in [-0.1, -0.05) is 27.7 Å². The fourth-order valence-corrected chi connectivity index (χ4v) is 3.51. The minimum atomic E-state index is 0.480. The van der Waals surface area contributed by atoms with Gasteiger partial charge in [-0.25, -0.2) is 4.98 Å². The van der Waals surface area contributed by atoms with Crippen molar-refractivity contribution in [2.75, 3.05) is 45.7 Å². The molecule has 1 aromatic rings. The van der Waals surface area contributed by atoms with Crippen molar-refractivity contribution < 1.29 is 0 Å². The Bertz CT molecular complexity index is 412. The van der Waals surface area contributed by atoms with E-state index in [4.69, 9.17) is 4.98 Å².